The van der Waals surface area contributed by atoms with Crippen LogP contribution in [0.25, 0.3) is 0 Å². The van der Waals surface area contributed by atoms with Crippen LogP contribution < -0.4 is 20.1 Å². The van der Waals surface area contributed by atoms with Crippen LogP contribution in [0.15, 0.2) is 23.2 Å². The number of methoxy groups -OCH3 is 2. The van der Waals surface area contributed by atoms with Gasteiger partial charge in [0.1, 0.15) is 17.6 Å². The summed E-state index contributed by atoms with van der Waals surface area (Å²) < 4.78 is 10.5. The van der Waals surface area contributed by atoms with E-state index in [4.69, 9.17) is 9.47 Å². The van der Waals surface area contributed by atoms with Gasteiger partial charge in [-0.05, 0) is 45.9 Å². The van der Waals surface area contributed by atoms with Gasteiger partial charge in [0.15, 0.2) is 5.96 Å². The Morgan fingerprint density at radius 2 is 1.96 bits per heavy atom. The highest BCUT2D eigenvalue weighted by atomic mass is 16.5. The van der Waals surface area contributed by atoms with E-state index in [0.717, 1.165) is 6.54 Å². The molecule has 0 amide bonds. The molecule has 0 bridgehead atoms. The minimum absolute atomic E-state index is 0.111. The first-order chi connectivity index (χ1) is 10.8. The number of aliphatic hydroxyl groups excluding tert-OH is 1. The Bertz CT molecular complexity index is 524. The van der Waals surface area contributed by atoms with Gasteiger partial charge in [-0.15, -0.1) is 0 Å². The molecular weight excluding hydrogens is 294 g/mol. The lowest BCUT2D eigenvalue weighted by atomic mass is 10.1. The minimum atomic E-state index is -0.782. The molecule has 1 aromatic carbocycles. The molecule has 23 heavy (non-hydrogen) atoms. The minimum Gasteiger partial charge on any atom is -0.497 e. The zero-order valence-electron chi connectivity index (χ0n) is 14.9. The van der Waals surface area contributed by atoms with Crippen LogP contribution in [0.5, 0.6) is 11.5 Å². The van der Waals surface area contributed by atoms with Gasteiger partial charge in [-0.2, -0.15) is 0 Å². The third-order valence-electron chi connectivity index (χ3n) is 3.06. The van der Waals surface area contributed by atoms with E-state index in [-0.39, 0.29) is 12.1 Å². The summed E-state index contributed by atoms with van der Waals surface area (Å²) in [5.41, 5.74) is 0.543. The summed E-state index contributed by atoms with van der Waals surface area (Å²) in [6.07, 6.45) is -0.782. The fourth-order valence-electron chi connectivity index (χ4n) is 2.04. The molecule has 0 fully saturated rings. The summed E-state index contributed by atoms with van der Waals surface area (Å²) in [6, 6.07) is 5.34. The molecule has 0 aliphatic carbocycles. The molecule has 1 rings (SSSR count). The summed E-state index contributed by atoms with van der Waals surface area (Å²) in [7, 11) is 3.17. The Morgan fingerprint density at radius 3 is 2.48 bits per heavy atom. The van der Waals surface area contributed by atoms with Crippen LogP contribution in [0.2, 0.25) is 0 Å². The first kappa shape index (κ1) is 19.1. The largest absolute Gasteiger partial charge is 0.497 e. The molecule has 0 aliphatic heterocycles. The predicted octanol–water partition coefficient (Wildman–Crippen LogP) is 2.09. The van der Waals surface area contributed by atoms with Gasteiger partial charge in [0.25, 0.3) is 0 Å². The van der Waals surface area contributed by atoms with Gasteiger partial charge in [0.2, 0.25) is 0 Å². The van der Waals surface area contributed by atoms with Crippen LogP contribution in [0, 0.1) is 0 Å². The Labute approximate surface area is 138 Å². The third kappa shape index (κ3) is 6.36. The molecule has 0 spiro atoms. The van der Waals surface area contributed by atoms with E-state index in [1.807, 2.05) is 6.92 Å². The molecule has 0 radical (unpaired) electrons. The average molecular weight is 323 g/mol. The van der Waals surface area contributed by atoms with Crippen LogP contribution in [0.3, 0.4) is 0 Å². The number of hydrogen-bond donors (Lipinski definition) is 3. The standard InChI is InChI=1S/C17H29N3O3/c1-7-18-16(20-17(2,3)4)19-11-14(21)13-10-12(22-5)8-9-15(13)23-6/h8-10,14,21H,7,11H2,1-6H3,(H2,18,19,20). The van der Waals surface area contributed by atoms with Crippen molar-refractivity contribution in [1.29, 1.82) is 0 Å². The SMILES string of the molecule is CCNC(=NCC(O)c1cc(OC)ccc1OC)NC(C)(C)C. The van der Waals surface area contributed by atoms with Gasteiger partial charge in [-0.1, -0.05) is 0 Å². The predicted molar refractivity (Wildman–Crippen MR) is 93.4 cm³/mol. The Hall–Kier alpha value is -1.95. The Kier molecular flexibility index (Phi) is 7.16. The molecule has 0 aliphatic rings. The van der Waals surface area contributed by atoms with Crippen molar-refractivity contribution in [2.45, 2.75) is 39.3 Å². The summed E-state index contributed by atoms with van der Waals surface area (Å²) in [5, 5.41) is 16.9. The topological polar surface area (TPSA) is 75.1 Å². The summed E-state index contributed by atoms with van der Waals surface area (Å²) >= 11 is 0. The van der Waals surface area contributed by atoms with Crippen molar-refractivity contribution in [2.24, 2.45) is 4.99 Å². The maximum Gasteiger partial charge on any atom is 0.191 e. The van der Waals surface area contributed by atoms with Crippen LogP contribution in [-0.2, 0) is 0 Å². The molecule has 0 saturated carbocycles. The van der Waals surface area contributed by atoms with Crippen LogP contribution in [0.1, 0.15) is 39.4 Å². The van der Waals surface area contributed by atoms with Gasteiger partial charge in [0, 0.05) is 17.6 Å². The van der Waals surface area contributed by atoms with E-state index in [1.54, 1.807) is 32.4 Å². The van der Waals surface area contributed by atoms with Crippen molar-refractivity contribution < 1.29 is 14.6 Å². The van der Waals surface area contributed by atoms with Crippen molar-refractivity contribution in [2.75, 3.05) is 27.3 Å². The lowest BCUT2D eigenvalue weighted by Gasteiger charge is -2.24. The quantitative estimate of drug-likeness (QED) is 0.552. The number of guanidine groups is 1. The van der Waals surface area contributed by atoms with Crippen molar-refractivity contribution in [3.63, 3.8) is 0 Å². The average Bonchev–Trinajstić information content (AvgIpc) is 2.50. The second kappa shape index (κ2) is 8.62. The first-order valence-corrected chi connectivity index (χ1v) is 7.77. The molecule has 6 heteroatoms. The first-order valence-electron chi connectivity index (χ1n) is 7.77. The van der Waals surface area contributed by atoms with E-state index in [9.17, 15) is 5.11 Å². The summed E-state index contributed by atoms with van der Waals surface area (Å²) in [4.78, 5) is 4.45. The Balaban J connectivity index is 2.92. The monoisotopic (exact) mass is 323 g/mol. The third-order valence-corrected chi connectivity index (χ3v) is 3.06. The second-order valence-electron chi connectivity index (χ2n) is 6.22. The summed E-state index contributed by atoms with van der Waals surface area (Å²) in [5.74, 6) is 1.95. The number of rotatable bonds is 6. The highest BCUT2D eigenvalue weighted by Crippen LogP contribution is 2.29. The number of hydrogen-bond acceptors (Lipinski definition) is 4. The molecule has 0 saturated heterocycles. The van der Waals surface area contributed by atoms with E-state index in [2.05, 4.69) is 36.4 Å². The number of ether oxygens (including phenoxy) is 2. The molecule has 130 valence electrons. The zero-order chi connectivity index (χ0) is 17.5. The number of nitrogens with zero attached hydrogens (tertiary/aromatic N) is 1. The van der Waals surface area contributed by atoms with Crippen molar-refractivity contribution >= 4 is 5.96 Å². The van der Waals surface area contributed by atoms with E-state index < -0.39 is 6.10 Å². The second-order valence-corrected chi connectivity index (χ2v) is 6.22. The molecule has 6 nitrogen and oxygen atoms in total. The highest BCUT2D eigenvalue weighted by Gasteiger charge is 2.16. The van der Waals surface area contributed by atoms with Gasteiger partial charge in [-0.25, -0.2) is 0 Å². The lowest BCUT2D eigenvalue weighted by Crippen LogP contribution is -2.47. The van der Waals surface area contributed by atoms with E-state index in [1.165, 1.54) is 0 Å². The van der Waals surface area contributed by atoms with Gasteiger partial charge in [-0.3, -0.25) is 4.99 Å². The maximum atomic E-state index is 10.5. The van der Waals surface area contributed by atoms with Gasteiger partial charge in [0.05, 0.1) is 20.8 Å². The molecule has 0 aromatic heterocycles. The molecule has 1 unspecified atom stereocenters. The number of aliphatic hydroxyl groups is 1. The normalized spacial score (nSPS) is 13.4. The van der Waals surface area contributed by atoms with Gasteiger partial charge >= 0.3 is 0 Å². The molecule has 1 aromatic rings. The lowest BCUT2D eigenvalue weighted by molar-refractivity contribution is 0.182. The highest BCUT2D eigenvalue weighted by molar-refractivity contribution is 5.80. The van der Waals surface area contributed by atoms with Crippen molar-refractivity contribution in [1.82, 2.24) is 10.6 Å². The molecule has 1 atom stereocenters. The molecule has 3 N–H and O–H groups in total. The summed E-state index contributed by atoms with van der Waals surface area (Å²) in [6.45, 7) is 9.14. The van der Waals surface area contributed by atoms with Gasteiger partial charge < -0.3 is 25.2 Å². The number of nitrogens with one attached hydrogen (secondary N) is 2. The number of aliphatic imine (C=N–C) groups is 1. The van der Waals surface area contributed by atoms with Crippen molar-refractivity contribution in [3.8, 4) is 11.5 Å². The van der Waals surface area contributed by atoms with Crippen molar-refractivity contribution in [3.05, 3.63) is 23.8 Å². The zero-order valence-corrected chi connectivity index (χ0v) is 14.9. The molecular formula is C17H29N3O3. The smallest absolute Gasteiger partial charge is 0.191 e. The molecule has 0 heterocycles. The Morgan fingerprint density at radius 1 is 1.26 bits per heavy atom. The van der Waals surface area contributed by atoms with E-state index >= 15 is 0 Å². The fourth-order valence-corrected chi connectivity index (χ4v) is 2.04. The van der Waals surface area contributed by atoms with E-state index in [0.29, 0.717) is 23.0 Å². The number of benzene rings is 1. The van der Waals surface area contributed by atoms with Crippen LogP contribution in [0.4, 0.5) is 0 Å². The van der Waals surface area contributed by atoms with Crippen LogP contribution >= 0.6 is 0 Å². The van der Waals surface area contributed by atoms with Crippen LogP contribution in [-0.4, -0.2) is 43.9 Å². The fraction of sp³-hybridized carbons (Fsp3) is 0.588. The maximum absolute atomic E-state index is 10.5.